The Hall–Kier alpha value is -2.96. The summed E-state index contributed by atoms with van der Waals surface area (Å²) in [7, 11) is 3.08. The van der Waals surface area contributed by atoms with Gasteiger partial charge in [-0.2, -0.15) is 0 Å². The molecule has 0 unspecified atom stereocenters. The zero-order chi connectivity index (χ0) is 17.4. The van der Waals surface area contributed by atoms with E-state index in [0.29, 0.717) is 17.3 Å². The summed E-state index contributed by atoms with van der Waals surface area (Å²) in [6.45, 7) is 0.199. The smallest absolute Gasteiger partial charge is 0.239 e. The SMILES string of the molecule is COc1ccc(CC(=O)NCC(=O)NCc2ccco2)cc1OC. The topological polar surface area (TPSA) is 89.8 Å². The Morgan fingerprint density at radius 2 is 1.83 bits per heavy atom. The van der Waals surface area contributed by atoms with Crippen LogP contribution in [0, 0.1) is 0 Å². The molecule has 0 aliphatic rings. The normalized spacial score (nSPS) is 10.1. The summed E-state index contributed by atoms with van der Waals surface area (Å²) in [5, 5.41) is 5.23. The van der Waals surface area contributed by atoms with E-state index < -0.39 is 0 Å². The minimum Gasteiger partial charge on any atom is -0.493 e. The van der Waals surface area contributed by atoms with Crippen molar-refractivity contribution in [3.8, 4) is 11.5 Å². The first-order chi connectivity index (χ1) is 11.6. The molecule has 7 heteroatoms. The first kappa shape index (κ1) is 17.4. The Morgan fingerprint density at radius 3 is 2.50 bits per heavy atom. The Morgan fingerprint density at radius 1 is 1.04 bits per heavy atom. The van der Waals surface area contributed by atoms with E-state index in [2.05, 4.69) is 10.6 Å². The Bertz CT molecular complexity index is 682. The number of carbonyl (C=O) groups excluding carboxylic acids is 2. The molecule has 2 rings (SSSR count). The lowest BCUT2D eigenvalue weighted by Gasteiger charge is -2.10. The lowest BCUT2D eigenvalue weighted by molar-refractivity contribution is -0.125. The highest BCUT2D eigenvalue weighted by atomic mass is 16.5. The van der Waals surface area contributed by atoms with Gasteiger partial charge in [-0.15, -0.1) is 0 Å². The lowest BCUT2D eigenvalue weighted by atomic mass is 10.1. The maximum Gasteiger partial charge on any atom is 0.239 e. The third-order valence-electron chi connectivity index (χ3n) is 3.30. The summed E-state index contributed by atoms with van der Waals surface area (Å²) in [4.78, 5) is 23.6. The summed E-state index contributed by atoms with van der Waals surface area (Å²) in [6.07, 6.45) is 1.68. The third-order valence-corrected chi connectivity index (χ3v) is 3.30. The van der Waals surface area contributed by atoms with Crippen molar-refractivity contribution in [2.75, 3.05) is 20.8 Å². The molecular weight excluding hydrogens is 312 g/mol. The minimum atomic E-state index is -0.285. The first-order valence-electron chi connectivity index (χ1n) is 7.39. The van der Waals surface area contributed by atoms with Crippen LogP contribution in [-0.4, -0.2) is 32.6 Å². The molecule has 1 aromatic carbocycles. The van der Waals surface area contributed by atoms with E-state index in [1.165, 1.54) is 13.4 Å². The second-order valence-electron chi connectivity index (χ2n) is 5.00. The second-order valence-corrected chi connectivity index (χ2v) is 5.00. The van der Waals surface area contributed by atoms with E-state index in [1.807, 2.05) is 0 Å². The Labute approximate surface area is 139 Å². The molecule has 0 aliphatic heterocycles. The maximum atomic E-state index is 11.9. The highest BCUT2D eigenvalue weighted by molar-refractivity contribution is 5.85. The van der Waals surface area contributed by atoms with Crippen molar-refractivity contribution in [3.05, 3.63) is 47.9 Å². The van der Waals surface area contributed by atoms with Crippen molar-refractivity contribution in [3.63, 3.8) is 0 Å². The van der Waals surface area contributed by atoms with Crippen LogP contribution < -0.4 is 20.1 Å². The van der Waals surface area contributed by atoms with Gasteiger partial charge in [-0.3, -0.25) is 9.59 Å². The maximum absolute atomic E-state index is 11.9. The van der Waals surface area contributed by atoms with Gasteiger partial charge in [0.1, 0.15) is 5.76 Å². The number of ether oxygens (including phenoxy) is 2. The van der Waals surface area contributed by atoms with E-state index >= 15 is 0 Å². The van der Waals surface area contributed by atoms with Gasteiger partial charge in [0.2, 0.25) is 11.8 Å². The molecule has 2 aromatic rings. The standard InChI is InChI=1S/C17H20N2O5/c1-22-14-6-5-12(8-15(14)23-2)9-16(20)19-11-17(21)18-10-13-4-3-7-24-13/h3-8H,9-11H2,1-2H3,(H,18,21)(H,19,20). The predicted octanol–water partition coefficient (Wildman–Crippen LogP) is 1.27. The number of hydrogen-bond donors (Lipinski definition) is 2. The Balaban J connectivity index is 1.77. The highest BCUT2D eigenvalue weighted by Gasteiger charge is 2.10. The van der Waals surface area contributed by atoms with Crippen LogP contribution in [0.4, 0.5) is 0 Å². The number of methoxy groups -OCH3 is 2. The van der Waals surface area contributed by atoms with Gasteiger partial charge in [0.25, 0.3) is 0 Å². The molecule has 0 aliphatic carbocycles. The lowest BCUT2D eigenvalue weighted by Crippen LogP contribution is -2.37. The Kier molecular flexibility index (Phi) is 6.24. The molecule has 0 saturated carbocycles. The van der Waals surface area contributed by atoms with Crippen LogP contribution in [-0.2, 0) is 22.6 Å². The zero-order valence-corrected chi connectivity index (χ0v) is 13.6. The van der Waals surface area contributed by atoms with Gasteiger partial charge in [-0.1, -0.05) is 6.07 Å². The monoisotopic (exact) mass is 332 g/mol. The van der Waals surface area contributed by atoms with Crippen LogP contribution in [0.15, 0.2) is 41.0 Å². The van der Waals surface area contributed by atoms with Crippen LogP contribution in [0.25, 0.3) is 0 Å². The molecule has 1 aromatic heterocycles. The van der Waals surface area contributed by atoms with Crippen molar-refractivity contribution >= 4 is 11.8 Å². The van der Waals surface area contributed by atoms with Gasteiger partial charge >= 0.3 is 0 Å². The molecule has 0 bridgehead atoms. The number of carbonyl (C=O) groups is 2. The van der Waals surface area contributed by atoms with Crippen LogP contribution in [0.2, 0.25) is 0 Å². The quantitative estimate of drug-likeness (QED) is 0.760. The van der Waals surface area contributed by atoms with Gasteiger partial charge in [0.15, 0.2) is 11.5 Å². The van der Waals surface area contributed by atoms with Gasteiger partial charge in [-0.25, -0.2) is 0 Å². The van der Waals surface area contributed by atoms with E-state index in [1.54, 1.807) is 37.4 Å². The summed E-state index contributed by atoms with van der Waals surface area (Å²) >= 11 is 0. The van der Waals surface area contributed by atoms with Gasteiger partial charge in [0.05, 0.1) is 40.0 Å². The number of rotatable bonds is 8. The van der Waals surface area contributed by atoms with E-state index in [-0.39, 0.29) is 31.3 Å². The van der Waals surface area contributed by atoms with E-state index in [9.17, 15) is 9.59 Å². The minimum absolute atomic E-state index is 0.0904. The van der Waals surface area contributed by atoms with Crippen molar-refractivity contribution in [1.29, 1.82) is 0 Å². The summed E-state index contributed by atoms with van der Waals surface area (Å²) in [6, 6.07) is 8.74. The molecule has 0 spiro atoms. The van der Waals surface area contributed by atoms with Crippen LogP contribution in [0.3, 0.4) is 0 Å². The van der Waals surface area contributed by atoms with Gasteiger partial charge in [-0.05, 0) is 29.8 Å². The fraction of sp³-hybridized carbons (Fsp3) is 0.294. The number of amides is 2. The van der Waals surface area contributed by atoms with Crippen LogP contribution in [0.5, 0.6) is 11.5 Å². The molecule has 0 saturated heterocycles. The van der Waals surface area contributed by atoms with Crippen LogP contribution in [0.1, 0.15) is 11.3 Å². The molecule has 0 radical (unpaired) electrons. The molecule has 7 nitrogen and oxygen atoms in total. The number of hydrogen-bond acceptors (Lipinski definition) is 5. The molecule has 24 heavy (non-hydrogen) atoms. The number of benzene rings is 1. The number of nitrogens with one attached hydrogen (secondary N) is 2. The van der Waals surface area contributed by atoms with Crippen LogP contribution >= 0.6 is 0 Å². The largest absolute Gasteiger partial charge is 0.493 e. The molecule has 2 amide bonds. The van der Waals surface area contributed by atoms with E-state index in [0.717, 1.165) is 5.56 Å². The second kappa shape index (κ2) is 8.61. The fourth-order valence-corrected chi connectivity index (χ4v) is 2.08. The van der Waals surface area contributed by atoms with Crippen molar-refractivity contribution in [1.82, 2.24) is 10.6 Å². The third kappa shape index (κ3) is 5.05. The summed E-state index contributed by atoms with van der Waals surface area (Å²) in [5.74, 6) is 1.26. The number of furan rings is 1. The van der Waals surface area contributed by atoms with Crippen molar-refractivity contribution in [2.24, 2.45) is 0 Å². The molecule has 2 N–H and O–H groups in total. The molecular formula is C17H20N2O5. The predicted molar refractivity (Wildman–Crippen MR) is 86.8 cm³/mol. The molecule has 128 valence electrons. The average molecular weight is 332 g/mol. The molecule has 0 fully saturated rings. The average Bonchev–Trinajstić information content (AvgIpc) is 3.11. The van der Waals surface area contributed by atoms with Gasteiger partial charge in [0, 0.05) is 0 Å². The van der Waals surface area contributed by atoms with Crippen molar-refractivity contribution < 1.29 is 23.5 Å². The van der Waals surface area contributed by atoms with Crippen molar-refractivity contribution in [2.45, 2.75) is 13.0 Å². The highest BCUT2D eigenvalue weighted by Crippen LogP contribution is 2.27. The molecule has 1 heterocycles. The fourth-order valence-electron chi connectivity index (χ4n) is 2.08. The summed E-state index contributed by atoms with van der Waals surface area (Å²) in [5.41, 5.74) is 0.765. The van der Waals surface area contributed by atoms with E-state index in [4.69, 9.17) is 13.9 Å². The first-order valence-corrected chi connectivity index (χ1v) is 7.39. The van der Waals surface area contributed by atoms with Gasteiger partial charge < -0.3 is 24.5 Å². The zero-order valence-electron chi connectivity index (χ0n) is 13.6. The molecule has 0 atom stereocenters. The summed E-state index contributed by atoms with van der Waals surface area (Å²) < 4.78 is 15.4.